The zero-order chi connectivity index (χ0) is 22.5. The second kappa shape index (κ2) is 10.2. The molecule has 1 N–H and O–H groups in total. The van der Waals surface area contributed by atoms with Crippen LogP contribution < -0.4 is 10.1 Å². The maximum atomic E-state index is 11.9. The lowest BCUT2D eigenvalue weighted by molar-refractivity contribution is -0.134. The molecular formula is C26H33N3O3. The van der Waals surface area contributed by atoms with E-state index in [1.807, 2.05) is 12.1 Å². The molecule has 170 valence electrons. The number of benzene rings is 2. The molecule has 0 saturated heterocycles. The van der Waals surface area contributed by atoms with Gasteiger partial charge in [-0.1, -0.05) is 30.3 Å². The van der Waals surface area contributed by atoms with Gasteiger partial charge in [0.05, 0.1) is 6.61 Å². The highest BCUT2D eigenvalue weighted by Gasteiger charge is 2.22. The first-order valence-electron chi connectivity index (χ1n) is 11.5. The van der Waals surface area contributed by atoms with Crippen LogP contribution in [0.5, 0.6) is 5.75 Å². The number of carbonyl (C=O) groups is 2. The van der Waals surface area contributed by atoms with Gasteiger partial charge in [-0.25, -0.2) is 0 Å². The zero-order valence-electron chi connectivity index (χ0n) is 19.1. The highest BCUT2D eigenvalue weighted by Crippen LogP contribution is 2.30. The summed E-state index contributed by atoms with van der Waals surface area (Å²) in [5.74, 6) is 1.35. The molecule has 0 aromatic heterocycles. The maximum Gasteiger partial charge on any atom is 0.231 e. The fraction of sp³-hybridized carbons (Fsp3) is 0.462. The molecule has 1 aliphatic heterocycles. The molecule has 6 heteroatoms. The number of hydrogen-bond donors (Lipinski definition) is 1. The lowest BCUT2D eigenvalue weighted by Crippen LogP contribution is -2.31. The van der Waals surface area contributed by atoms with Crippen molar-refractivity contribution in [3.05, 3.63) is 64.7 Å². The number of ether oxygens (including phenoxy) is 1. The van der Waals surface area contributed by atoms with Gasteiger partial charge >= 0.3 is 0 Å². The molecular weight excluding hydrogens is 402 g/mol. The second-order valence-corrected chi connectivity index (χ2v) is 9.20. The molecule has 4 rings (SSSR count). The molecule has 1 heterocycles. The summed E-state index contributed by atoms with van der Waals surface area (Å²) in [4.78, 5) is 27.4. The third-order valence-corrected chi connectivity index (χ3v) is 6.18. The molecule has 0 spiro atoms. The van der Waals surface area contributed by atoms with Gasteiger partial charge in [-0.05, 0) is 59.6 Å². The number of amides is 2. The molecule has 1 saturated carbocycles. The average molecular weight is 436 g/mol. The predicted molar refractivity (Wildman–Crippen MR) is 124 cm³/mol. The predicted octanol–water partition coefficient (Wildman–Crippen LogP) is 3.13. The topological polar surface area (TPSA) is 61.9 Å². The molecule has 32 heavy (non-hydrogen) atoms. The van der Waals surface area contributed by atoms with Crippen molar-refractivity contribution in [1.82, 2.24) is 15.1 Å². The van der Waals surface area contributed by atoms with Crippen molar-refractivity contribution >= 4 is 11.8 Å². The van der Waals surface area contributed by atoms with E-state index in [0.717, 1.165) is 49.9 Å². The molecule has 0 radical (unpaired) electrons. The van der Waals surface area contributed by atoms with Gasteiger partial charge in [0, 0.05) is 40.3 Å². The SMILES string of the molecule is CN(C)C(=O)CC(=O)NCc1ccc(CN2CCc3cc(OCC4CC4)ccc3C2)cc1. The summed E-state index contributed by atoms with van der Waals surface area (Å²) in [6.07, 6.45) is 3.56. The Morgan fingerprint density at radius 2 is 1.81 bits per heavy atom. The number of hydrogen-bond acceptors (Lipinski definition) is 4. The van der Waals surface area contributed by atoms with E-state index in [9.17, 15) is 9.59 Å². The minimum absolute atomic E-state index is 0.115. The van der Waals surface area contributed by atoms with Crippen LogP contribution in [0.1, 0.15) is 41.5 Å². The number of nitrogens with zero attached hydrogens (tertiary/aromatic N) is 2. The molecule has 1 fully saturated rings. The Kier molecular flexibility index (Phi) is 7.10. The van der Waals surface area contributed by atoms with E-state index in [1.165, 1.54) is 34.4 Å². The fourth-order valence-electron chi connectivity index (χ4n) is 3.89. The average Bonchev–Trinajstić information content (AvgIpc) is 3.61. The van der Waals surface area contributed by atoms with Crippen molar-refractivity contribution in [3.63, 3.8) is 0 Å². The van der Waals surface area contributed by atoms with Crippen LogP contribution in [0.3, 0.4) is 0 Å². The van der Waals surface area contributed by atoms with Gasteiger partial charge in [-0.15, -0.1) is 0 Å². The molecule has 2 aromatic carbocycles. The van der Waals surface area contributed by atoms with Gasteiger partial charge in [0.1, 0.15) is 12.2 Å². The summed E-state index contributed by atoms with van der Waals surface area (Å²) in [6.45, 7) is 4.19. The van der Waals surface area contributed by atoms with E-state index >= 15 is 0 Å². The Labute approximate surface area is 190 Å². The van der Waals surface area contributed by atoms with Crippen LogP contribution in [0.15, 0.2) is 42.5 Å². The van der Waals surface area contributed by atoms with Crippen LogP contribution in [-0.4, -0.2) is 48.9 Å². The molecule has 6 nitrogen and oxygen atoms in total. The van der Waals surface area contributed by atoms with Crippen LogP contribution in [0.4, 0.5) is 0 Å². The van der Waals surface area contributed by atoms with Crippen molar-refractivity contribution < 1.29 is 14.3 Å². The van der Waals surface area contributed by atoms with Crippen LogP contribution in [0, 0.1) is 5.92 Å². The van der Waals surface area contributed by atoms with Crippen molar-refractivity contribution in [2.24, 2.45) is 5.92 Å². The second-order valence-electron chi connectivity index (χ2n) is 9.20. The van der Waals surface area contributed by atoms with Crippen molar-refractivity contribution in [2.45, 2.75) is 45.3 Å². The van der Waals surface area contributed by atoms with Crippen molar-refractivity contribution in [3.8, 4) is 5.75 Å². The Morgan fingerprint density at radius 1 is 1.06 bits per heavy atom. The van der Waals surface area contributed by atoms with E-state index in [4.69, 9.17) is 4.74 Å². The maximum absolute atomic E-state index is 11.9. The van der Waals surface area contributed by atoms with Gasteiger partial charge in [-0.3, -0.25) is 14.5 Å². The van der Waals surface area contributed by atoms with E-state index in [2.05, 4.69) is 40.5 Å². The Balaban J connectivity index is 1.24. The molecule has 1 aliphatic carbocycles. The Hall–Kier alpha value is -2.86. The third-order valence-electron chi connectivity index (χ3n) is 6.18. The first-order valence-corrected chi connectivity index (χ1v) is 11.5. The zero-order valence-corrected chi connectivity index (χ0v) is 19.1. The molecule has 2 amide bonds. The summed E-state index contributed by atoms with van der Waals surface area (Å²) in [5, 5.41) is 2.81. The first-order chi connectivity index (χ1) is 15.5. The van der Waals surface area contributed by atoms with Gasteiger partial charge in [0.25, 0.3) is 0 Å². The number of nitrogens with one attached hydrogen (secondary N) is 1. The summed E-state index contributed by atoms with van der Waals surface area (Å²) < 4.78 is 5.93. The summed E-state index contributed by atoms with van der Waals surface area (Å²) in [6, 6.07) is 14.9. The van der Waals surface area contributed by atoms with E-state index in [1.54, 1.807) is 14.1 Å². The molecule has 0 atom stereocenters. The monoisotopic (exact) mass is 435 g/mol. The number of carbonyl (C=O) groups excluding carboxylic acids is 2. The van der Waals surface area contributed by atoms with Crippen LogP contribution in [0.25, 0.3) is 0 Å². The Morgan fingerprint density at radius 3 is 2.53 bits per heavy atom. The third kappa shape index (κ3) is 6.33. The smallest absolute Gasteiger partial charge is 0.231 e. The highest BCUT2D eigenvalue weighted by molar-refractivity contribution is 5.96. The molecule has 2 aromatic rings. The van der Waals surface area contributed by atoms with Crippen LogP contribution in [0.2, 0.25) is 0 Å². The first kappa shape index (κ1) is 22.3. The minimum atomic E-state index is -0.249. The molecule has 0 bridgehead atoms. The summed E-state index contributed by atoms with van der Waals surface area (Å²) >= 11 is 0. The highest BCUT2D eigenvalue weighted by atomic mass is 16.5. The van der Waals surface area contributed by atoms with E-state index in [-0.39, 0.29) is 18.2 Å². The fourth-order valence-corrected chi connectivity index (χ4v) is 3.89. The lowest BCUT2D eigenvalue weighted by atomic mass is 9.99. The summed E-state index contributed by atoms with van der Waals surface area (Å²) in [5.41, 5.74) is 5.09. The summed E-state index contributed by atoms with van der Waals surface area (Å²) in [7, 11) is 3.30. The van der Waals surface area contributed by atoms with Crippen molar-refractivity contribution in [2.75, 3.05) is 27.2 Å². The van der Waals surface area contributed by atoms with Gasteiger partial charge < -0.3 is 15.0 Å². The molecule has 2 aliphatic rings. The number of rotatable bonds is 9. The van der Waals surface area contributed by atoms with Crippen LogP contribution >= 0.6 is 0 Å². The van der Waals surface area contributed by atoms with Gasteiger partial charge in [0.2, 0.25) is 11.8 Å². The lowest BCUT2D eigenvalue weighted by Gasteiger charge is -2.29. The van der Waals surface area contributed by atoms with Crippen LogP contribution in [-0.2, 0) is 35.6 Å². The van der Waals surface area contributed by atoms with E-state index < -0.39 is 0 Å². The largest absolute Gasteiger partial charge is 0.493 e. The number of fused-ring (bicyclic) bond motifs is 1. The minimum Gasteiger partial charge on any atom is -0.493 e. The normalized spacial score (nSPS) is 15.7. The molecule has 0 unspecified atom stereocenters. The quantitative estimate of drug-likeness (QED) is 0.615. The van der Waals surface area contributed by atoms with Gasteiger partial charge in [0.15, 0.2) is 0 Å². The van der Waals surface area contributed by atoms with Crippen molar-refractivity contribution in [1.29, 1.82) is 0 Å². The van der Waals surface area contributed by atoms with E-state index in [0.29, 0.717) is 6.54 Å². The standard InChI is InChI=1S/C26H33N3O3/c1-28(2)26(31)14-25(30)27-15-19-3-5-20(6-4-19)16-29-12-11-22-13-24(10-9-23(22)17-29)32-18-21-7-8-21/h3-6,9-10,13,21H,7-8,11-12,14-18H2,1-2H3,(H,27,30). The van der Waals surface area contributed by atoms with Gasteiger partial charge in [-0.2, -0.15) is 0 Å². The Bertz CT molecular complexity index is 951.